The van der Waals surface area contributed by atoms with Crippen molar-refractivity contribution in [2.24, 2.45) is 0 Å². The van der Waals surface area contributed by atoms with Crippen LogP contribution in [0.15, 0.2) is 59.5 Å². The van der Waals surface area contributed by atoms with Crippen LogP contribution in [0.3, 0.4) is 0 Å². The number of alkyl halides is 2. The van der Waals surface area contributed by atoms with E-state index >= 15 is 0 Å². The van der Waals surface area contributed by atoms with Gasteiger partial charge in [0.15, 0.2) is 5.78 Å². The second kappa shape index (κ2) is 9.01. The molecule has 1 aromatic heterocycles. The van der Waals surface area contributed by atoms with Gasteiger partial charge in [-0.2, -0.15) is 8.78 Å². The van der Waals surface area contributed by atoms with Gasteiger partial charge >= 0.3 is 6.61 Å². The minimum absolute atomic E-state index is 0.0296. The molecule has 0 bridgehead atoms. The smallest absolute Gasteiger partial charge is 0.387 e. The van der Waals surface area contributed by atoms with E-state index in [0.29, 0.717) is 10.6 Å². The first-order chi connectivity index (χ1) is 13.8. The molecule has 3 rings (SSSR count). The fraction of sp³-hybridized carbons (Fsp3) is 0.227. The Bertz CT molecular complexity index is 1000. The highest BCUT2D eigenvalue weighted by Crippen LogP contribution is 2.30. The van der Waals surface area contributed by atoms with Gasteiger partial charge in [-0.25, -0.2) is 0 Å². The summed E-state index contributed by atoms with van der Waals surface area (Å²) in [5.74, 6) is 0.123. The lowest BCUT2D eigenvalue weighted by atomic mass is 10.1. The molecular formula is C22H20ClF2NO2S. The van der Waals surface area contributed by atoms with Crippen molar-refractivity contribution in [1.82, 2.24) is 4.57 Å². The lowest BCUT2D eigenvalue weighted by Gasteiger charge is -2.13. The van der Waals surface area contributed by atoms with Crippen LogP contribution in [-0.2, 0) is 0 Å². The van der Waals surface area contributed by atoms with E-state index in [-0.39, 0.29) is 16.8 Å². The van der Waals surface area contributed by atoms with Gasteiger partial charge in [0, 0.05) is 32.6 Å². The van der Waals surface area contributed by atoms with Crippen LogP contribution in [-0.4, -0.2) is 22.2 Å². The van der Waals surface area contributed by atoms with Gasteiger partial charge in [-0.3, -0.25) is 4.79 Å². The Kier molecular flexibility index (Phi) is 6.65. The molecule has 0 radical (unpaired) electrons. The number of hydrogen-bond donors (Lipinski definition) is 0. The molecule has 0 spiro atoms. The number of ketones is 1. The standard InChI is InChI=1S/C22H20ClF2NO2S/c1-13-12-20(21(27)15(3)29-19-10-4-16(23)5-11-19)14(2)26(13)17-6-8-18(9-7-17)28-22(24)25/h4-12,15,22H,1-3H3. The molecule has 0 fully saturated rings. The van der Waals surface area contributed by atoms with Gasteiger partial charge in [0.1, 0.15) is 5.75 Å². The number of nitrogens with zero attached hydrogens (tertiary/aromatic N) is 1. The number of carbonyl (C=O) groups excluding carboxylic acids is 1. The highest BCUT2D eigenvalue weighted by Gasteiger charge is 2.22. The molecule has 3 aromatic rings. The summed E-state index contributed by atoms with van der Waals surface area (Å²) in [5.41, 5.74) is 3.11. The van der Waals surface area contributed by atoms with Crippen molar-refractivity contribution in [2.75, 3.05) is 0 Å². The van der Waals surface area contributed by atoms with E-state index in [0.717, 1.165) is 22.0 Å². The Labute approximate surface area is 177 Å². The number of ether oxygens (including phenoxy) is 1. The van der Waals surface area contributed by atoms with E-state index < -0.39 is 6.61 Å². The Morgan fingerprint density at radius 2 is 1.69 bits per heavy atom. The first kappa shape index (κ1) is 21.4. The summed E-state index contributed by atoms with van der Waals surface area (Å²) in [4.78, 5) is 14.0. The van der Waals surface area contributed by atoms with E-state index in [4.69, 9.17) is 11.6 Å². The molecule has 2 aromatic carbocycles. The first-order valence-electron chi connectivity index (χ1n) is 8.97. The molecule has 152 valence electrons. The second-order valence-corrected chi connectivity index (χ2v) is 8.42. The van der Waals surface area contributed by atoms with Gasteiger partial charge in [0.25, 0.3) is 0 Å². The predicted molar refractivity (Wildman–Crippen MR) is 113 cm³/mol. The van der Waals surface area contributed by atoms with Crippen LogP contribution in [0.5, 0.6) is 5.75 Å². The summed E-state index contributed by atoms with van der Waals surface area (Å²) in [6, 6.07) is 15.6. The number of carbonyl (C=O) groups is 1. The van der Waals surface area contributed by atoms with Gasteiger partial charge < -0.3 is 9.30 Å². The monoisotopic (exact) mass is 435 g/mol. The third kappa shape index (κ3) is 5.00. The second-order valence-electron chi connectivity index (χ2n) is 6.57. The molecule has 0 aliphatic carbocycles. The van der Waals surface area contributed by atoms with Crippen LogP contribution in [0, 0.1) is 13.8 Å². The lowest BCUT2D eigenvalue weighted by molar-refractivity contribution is -0.0498. The number of halogens is 3. The SMILES string of the molecule is Cc1cc(C(=O)C(C)Sc2ccc(Cl)cc2)c(C)n1-c1ccc(OC(F)F)cc1. The van der Waals surface area contributed by atoms with Crippen molar-refractivity contribution in [2.45, 2.75) is 37.5 Å². The summed E-state index contributed by atoms with van der Waals surface area (Å²) in [7, 11) is 0. The number of hydrogen-bond acceptors (Lipinski definition) is 3. The normalized spacial score (nSPS) is 12.2. The van der Waals surface area contributed by atoms with Gasteiger partial charge in [-0.1, -0.05) is 11.6 Å². The maximum absolute atomic E-state index is 13.0. The van der Waals surface area contributed by atoms with Gasteiger partial charge in [0.05, 0.1) is 5.25 Å². The van der Waals surface area contributed by atoms with E-state index in [9.17, 15) is 13.6 Å². The highest BCUT2D eigenvalue weighted by molar-refractivity contribution is 8.00. The lowest BCUT2D eigenvalue weighted by Crippen LogP contribution is -2.14. The number of Topliss-reactive ketones (excluding diaryl/α,β-unsaturated/α-hetero) is 1. The van der Waals surface area contributed by atoms with Crippen molar-refractivity contribution >= 4 is 29.1 Å². The molecule has 0 N–H and O–H groups in total. The molecule has 0 saturated carbocycles. The zero-order valence-corrected chi connectivity index (χ0v) is 17.7. The molecule has 0 amide bonds. The van der Waals surface area contributed by atoms with Crippen LogP contribution in [0.2, 0.25) is 5.02 Å². The summed E-state index contributed by atoms with van der Waals surface area (Å²) < 4.78 is 31.0. The number of aromatic nitrogens is 1. The molecule has 7 heteroatoms. The molecule has 0 aliphatic heterocycles. The number of rotatable bonds is 7. The largest absolute Gasteiger partial charge is 0.435 e. The van der Waals surface area contributed by atoms with Crippen molar-refractivity contribution in [3.63, 3.8) is 0 Å². The average Bonchev–Trinajstić information content (AvgIpc) is 2.97. The van der Waals surface area contributed by atoms with Crippen molar-refractivity contribution in [3.05, 3.63) is 76.6 Å². The van der Waals surface area contributed by atoms with E-state index in [1.807, 2.05) is 43.5 Å². The van der Waals surface area contributed by atoms with E-state index in [2.05, 4.69) is 4.74 Å². The van der Waals surface area contributed by atoms with Crippen LogP contribution >= 0.6 is 23.4 Å². The summed E-state index contributed by atoms with van der Waals surface area (Å²) in [6.45, 7) is 2.80. The molecule has 1 atom stereocenters. The van der Waals surface area contributed by atoms with Crippen LogP contribution < -0.4 is 4.74 Å². The number of thioether (sulfide) groups is 1. The zero-order chi connectivity index (χ0) is 21.1. The summed E-state index contributed by atoms with van der Waals surface area (Å²) in [6.07, 6.45) is 0. The van der Waals surface area contributed by atoms with Gasteiger partial charge in [0.2, 0.25) is 0 Å². The highest BCUT2D eigenvalue weighted by atomic mass is 35.5. The first-order valence-corrected chi connectivity index (χ1v) is 10.2. The van der Waals surface area contributed by atoms with Crippen LogP contribution in [0.1, 0.15) is 28.7 Å². The Balaban J connectivity index is 1.82. The molecule has 0 saturated heterocycles. The predicted octanol–water partition coefficient (Wildman–Crippen LogP) is 6.71. The third-order valence-corrected chi connectivity index (χ3v) is 5.88. The Hall–Kier alpha value is -2.31. The molecule has 1 heterocycles. The zero-order valence-electron chi connectivity index (χ0n) is 16.2. The topological polar surface area (TPSA) is 31.2 Å². The third-order valence-electron chi connectivity index (χ3n) is 4.51. The minimum Gasteiger partial charge on any atom is -0.435 e. The van der Waals surface area contributed by atoms with Crippen LogP contribution in [0.4, 0.5) is 8.78 Å². The van der Waals surface area contributed by atoms with Crippen molar-refractivity contribution < 1.29 is 18.3 Å². The fourth-order valence-electron chi connectivity index (χ4n) is 3.18. The van der Waals surface area contributed by atoms with Gasteiger partial charge in [-0.15, -0.1) is 11.8 Å². The molecule has 29 heavy (non-hydrogen) atoms. The van der Waals surface area contributed by atoms with Crippen molar-refractivity contribution in [1.29, 1.82) is 0 Å². The maximum atomic E-state index is 13.0. The van der Waals surface area contributed by atoms with Crippen molar-refractivity contribution in [3.8, 4) is 11.4 Å². The maximum Gasteiger partial charge on any atom is 0.387 e. The van der Waals surface area contributed by atoms with E-state index in [1.54, 1.807) is 24.3 Å². The fourth-order valence-corrected chi connectivity index (χ4v) is 4.24. The molecule has 1 unspecified atom stereocenters. The van der Waals surface area contributed by atoms with Gasteiger partial charge in [-0.05, 0) is 75.4 Å². The number of aryl methyl sites for hydroxylation is 1. The number of benzene rings is 2. The molecule has 0 aliphatic rings. The quantitative estimate of drug-likeness (QED) is 0.305. The Morgan fingerprint density at radius 1 is 1.07 bits per heavy atom. The minimum atomic E-state index is -2.86. The molecular weight excluding hydrogens is 416 g/mol. The average molecular weight is 436 g/mol. The van der Waals surface area contributed by atoms with Crippen LogP contribution in [0.25, 0.3) is 5.69 Å². The molecule has 3 nitrogen and oxygen atoms in total. The summed E-state index contributed by atoms with van der Waals surface area (Å²) in [5, 5.41) is 0.383. The summed E-state index contributed by atoms with van der Waals surface area (Å²) >= 11 is 7.39. The Morgan fingerprint density at radius 3 is 2.28 bits per heavy atom. The van der Waals surface area contributed by atoms with E-state index in [1.165, 1.54) is 23.9 Å².